The van der Waals surface area contributed by atoms with Gasteiger partial charge in [-0.3, -0.25) is 4.98 Å². The van der Waals surface area contributed by atoms with E-state index in [1.54, 1.807) is 14.2 Å². The van der Waals surface area contributed by atoms with E-state index in [0.717, 1.165) is 45.5 Å². The van der Waals surface area contributed by atoms with Gasteiger partial charge in [0.15, 0.2) is 5.11 Å². The van der Waals surface area contributed by atoms with Gasteiger partial charge in [0, 0.05) is 29.8 Å². The highest BCUT2D eigenvalue weighted by Gasteiger charge is 2.43. The molecule has 184 valence electrons. The minimum Gasteiger partial charge on any atom is -0.497 e. The molecule has 5 rings (SSSR count). The van der Waals surface area contributed by atoms with Gasteiger partial charge in [0.25, 0.3) is 0 Å². The molecule has 1 aromatic carbocycles. The Morgan fingerprint density at radius 3 is 2.44 bits per heavy atom. The van der Waals surface area contributed by atoms with Crippen molar-refractivity contribution in [3.63, 3.8) is 0 Å². The molecule has 1 fully saturated rings. The number of thiocarbonyl (C=S) groups is 1. The highest BCUT2D eigenvalue weighted by Crippen LogP contribution is 2.46. The first-order valence-electron chi connectivity index (χ1n) is 11.8. The van der Waals surface area contributed by atoms with Crippen LogP contribution >= 0.6 is 12.2 Å². The quantitative estimate of drug-likeness (QED) is 0.357. The van der Waals surface area contributed by atoms with Gasteiger partial charge in [-0.25, -0.2) is 4.98 Å². The fourth-order valence-corrected chi connectivity index (χ4v) is 5.29. The van der Waals surface area contributed by atoms with Crippen molar-refractivity contribution in [1.29, 1.82) is 0 Å². The summed E-state index contributed by atoms with van der Waals surface area (Å²) in [7, 11) is 3.30. The van der Waals surface area contributed by atoms with Crippen LogP contribution in [0.2, 0.25) is 0 Å². The predicted molar refractivity (Wildman–Crippen MR) is 145 cm³/mol. The van der Waals surface area contributed by atoms with E-state index in [4.69, 9.17) is 21.7 Å². The lowest BCUT2D eigenvalue weighted by Crippen LogP contribution is -2.30. The monoisotopic (exact) mass is 499 g/mol. The van der Waals surface area contributed by atoms with Crippen molar-refractivity contribution in [2.75, 3.05) is 19.1 Å². The summed E-state index contributed by atoms with van der Waals surface area (Å²) in [5.74, 6) is 2.28. The van der Waals surface area contributed by atoms with Crippen molar-refractivity contribution in [1.82, 2.24) is 19.9 Å². The second-order valence-electron chi connectivity index (χ2n) is 8.89. The number of rotatable bonds is 6. The Morgan fingerprint density at radius 1 is 0.944 bits per heavy atom. The molecule has 4 aromatic rings. The van der Waals surface area contributed by atoms with E-state index in [0.29, 0.717) is 10.9 Å². The van der Waals surface area contributed by atoms with Crippen molar-refractivity contribution >= 4 is 23.0 Å². The van der Waals surface area contributed by atoms with E-state index < -0.39 is 0 Å². The van der Waals surface area contributed by atoms with Gasteiger partial charge in [0.2, 0.25) is 0 Å². The summed E-state index contributed by atoms with van der Waals surface area (Å²) in [6.45, 7) is 6.28. The van der Waals surface area contributed by atoms with E-state index in [9.17, 15) is 0 Å². The topological polar surface area (TPSA) is 64.4 Å². The molecule has 0 unspecified atom stereocenters. The molecule has 1 saturated heterocycles. The number of ether oxygens (including phenoxy) is 2. The molecule has 7 nitrogen and oxygen atoms in total. The van der Waals surface area contributed by atoms with Gasteiger partial charge in [-0.15, -0.1) is 0 Å². The fraction of sp³-hybridized carbons (Fsp3) is 0.250. The van der Waals surface area contributed by atoms with Crippen molar-refractivity contribution < 1.29 is 9.47 Å². The van der Waals surface area contributed by atoms with Crippen LogP contribution < -0.4 is 19.7 Å². The summed E-state index contributed by atoms with van der Waals surface area (Å²) >= 11 is 5.92. The van der Waals surface area contributed by atoms with Crippen LogP contribution in [0, 0.1) is 20.8 Å². The predicted octanol–water partition coefficient (Wildman–Crippen LogP) is 5.39. The van der Waals surface area contributed by atoms with Gasteiger partial charge in [-0.1, -0.05) is 12.1 Å². The number of hydrogen-bond acceptors (Lipinski definition) is 5. The number of aryl methyl sites for hydroxylation is 2. The Labute approximate surface area is 216 Å². The third-order valence-electron chi connectivity index (χ3n) is 6.66. The largest absolute Gasteiger partial charge is 0.497 e. The third-order valence-corrected chi connectivity index (χ3v) is 6.97. The average molecular weight is 500 g/mol. The molecule has 1 aliphatic rings. The van der Waals surface area contributed by atoms with Crippen LogP contribution in [0.1, 0.15) is 40.3 Å². The van der Waals surface area contributed by atoms with Crippen molar-refractivity contribution in [3.8, 4) is 17.3 Å². The van der Waals surface area contributed by atoms with Gasteiger partial charge >= 0.3 is 0 Å². The zero-order valence-corrected chi connectivity index (χ0v) is 21.8. The number of anilines is 1. The summed E-state index contributed by atoms with van der Waals surface area (Å²) in [6, 6.07) is 17.8. The summed E-state index contributed by atoms with van der Waals surface area (Å²) < 4.78 is 13.4. The van der Waals surface area contributed by atoms with Crippen LogP contribution in [-0.4, -0.2) is 33.9 Å². The molecule has 0 aliphatic carbocycles. The summed E-state index contributed by atoms with van der Waals surface area (Å²) in [4.78, 5) is 11.5. The Kier molecular flexibility index (Phi) is 6.36. The van der Waals surface area contributed by atoms with Crippen LogP contribution in [0.5, 0.6) is 11.5 Å². The van der Waals surface area contributed by atoms with Crippen LogP contribution in [-0.2, 0) is 0 Å². The lowest BCUT2D eigenvalue weighted by atomic mass is 9.96. The number of methoxy groups -OCH3 is 2. The third kappa shape index (κ3) is 4.07. The molecule has 0 bridgehead atoms. The molecule has 36 heavy (non-hydrogen) atoms. The summed E-state index contributed by atoms with van der Waals surface area (Å²) in [5, 5.41) is 4.14. The minimum atomic E-state index is -0.167. The Balaban J connectivity index is 1.69. The van der Waals surface area contributed by atoms with Gasteiger partial charge in [0.05, 0.1) is 37.7 Å². The van der Waals surface area contributed by atoms with Crippen LogP contribution in [0.3, 0.4) is 0 Å². The Bertz CT molecular complexity index is 1400. The zero-order valence-electron chi connectivity index (χ0n) is 21.0. The first-order chi connectivity index (χ1) is 17.4. The number of nitrogens with one attached hydrogen (secondary N) is 1. The standard InChI is InChI=1S/C28H29N5O2S/c1-17-9-12-25(30-16-17)32-18(2)14-21(19(32)3)27-26(22-8-6-7-13-29-22)31-28(36)33(27)23-11-10-20(34-4)15-24(23)35-5/h6-16,26-27H,1-5H3,(H,31,36)/t26-,27-/m0/s1. The Hall–Kier alpha value is -3.91. The fourth-order valence-electron chi connectivity index (χ4n) is 4.95. The maximum absolute atomic E-state index is 5.92. The van der Waals surface area contributed by atoms with Gasteiger partial charge in [0.1, 0.15) is 17.3 Å². The molecule has 0 radical (unpaired) electrons. The van der Waals surface area contributed by atoms with Crippen LogP contribution in [0.25, 0.3) is 5.82 Å². The van der Waals surface area contributed by atoms with Gasteiger partial charge in [-0.05, 0) is 80.5 Å². The molecule has 2 atom stereocenters. The first kappa shape index (κ1) is 23.8. The molecule has 0 spiro atoms. The smallest absolute Gasteiger partial charge is 0.174 e. The molecular formula is C28H29N5O2S. The number of hydrogen-bond donors (Lipinski definition) is 1. The summed E-state index contributed by atoms with van der Waals surface area (Å²) in [5.41, 5.74) is 6.22. The first-order valence-corrected chi connectivity index (χ1v) is 12.2. The van der Waals surface area contributed by atoms with E-state index in [2.05, 4.69) is 56.8 Å². The van der Waals surface area contributed by atoms with E-state index in [-0.39, 0.29) is 12.1 Å². The van der Waals surface area contributed by atoms with Crippen LogP contribution in [0.4, 0.5) is 5.69 Å². The van der Waals surface area contributed by atoms with Gasteiger partial charge < -0.3 is 24.3 Å². The number of nitrogens with zero attached hydrogens (tertiary/aromatic N) is 4. The van der Waals surface area contributed by atoms with Gasteiger partial charge in [-0.2, -0.15) is 0 Å². The number of aromatic nitrogens is 3. The minimum absolute atomic E-state index is 0.162. The molecule has 4 heterocycles. The lowest BCUT2D eigenvalue weighted by molar-refractivity contribution is 0.394. The van der Waals surface area contributed by atoms with E-state index in [1.807, 2.05) is 55.7 Å². The second kappa shape index (κ2) is 9.62. The molecule has 0 amide bonds. The maximum atomic E-state index is 5.92. The zero-order chi connectivity index (χ0) is 25.4. The number of benzene rings is 1. The lowest BCUT2D eigenvalue weighted by Gasteiger charge is -2.29. The SMILES string of the molecule is COc1ccc(N2C(=S)N[C@@H](c3ccccn3)[C@@H]2c2cc(C)n(-c3ccc(C)cn3)c2C)c(OC)c1. The van der Waals surface area contributed by atoms with Crippen molar-refractivity contribution in [2.45, 2.75) is 32.9 Å². The second-order valence-corrected chi connectivity index (χ2v) is 9.28. The highest BCUT2D eigenvalue weighted by molar-refractivity contribution is 7.80. The number of pyridine rings is 2. The molecule has 1 N–H and O–H groups in total. The highest BCUT2D eigenvalue weighted by atomic mass is 32.1. The van der Waals surface area contributed by atoms with E-state index >= 15 is 0 Å². The molecule has 1 aliphatic heterocycles. The molecular weight excluding hydrogens is 470 g/mol. The summed E-state index contributed by atoms with van der Waals surface area (Å²) in [6.07, 6.45) is 3.71. The molecule has 8 heteroatoms. The van der Waals surface area contributed by atoms with E-state index in [1.165, 1.54) is 0 Å². The molecule has 3 aromatic heterocycles. The normalized spacial score (nSPS) is 17.2. The van der Waals surface area contributed by atoms with Crippen molar-refractivity contribution in [3.05, 3.63) is 95.2 Å². The maximum Gasteiger partial charge on any atom is 0.174 e. The van der Waals surface area contributed by atoms with Crippen LogP contribution in [0.15, 0.2) is 67.0 Å². The molecule has 0 saturated carbocycles. The Morgan fingerprint density at radius 2 is 1.78 bits per heavy atom. The average Bonchev–Trinajstić information content (AvgIpc) is 3.39. The van der Waals surface area contributed by atoms with Crippen molar-refractivity contribution in [2.24, 2.45) is 0 Å².